The molecule has 1 aliphatic heterocycles. The van der Waals surface area contributed by atoms with Gasteiger partial charge < -0.3 is 19.5 Å². The van der Waals surface area contributed by atoms with E-state index in [1.54, 1.807) is 13.0 Å². The fraction of sp³-hybridized carbons (Fsp3) is 0.217. The van der Waals surface area contributed by atoms with Gasteiger partial charge in [0.2, 0.25) is 5.91 Å². The quantitative estimate of drug-likeness (QED) is 0.185. The number of thioether (sulfide) groups is 1. The predicted octanol–water partition coefficient (Wildman–Crippen LogP) is 4.33. The van der Waals surface area contributed by atoms with Crippen LogP contribution >= 0.6 is 34.4 Å². The fourth-order valence-corrected chi connectivity index (χ4v) is 4.66. The van der Waals surface area contributed by atoms with Crippen LogP contribution in [0.2, 0.25) is 0 Å². The van der Waals surface area contributed by atoms with E-state index in [9.17, 15) is 32.3 Å². The van der Waals surface area contributed by atoms with E-state index >= 15 is 0 Å². The Balaban J connectivity index is 1.74. The number of ether oxygens (including phenoxy) is 3. The lowest BCUT2D eigenvalue weighted by atomic mass is 10.2. The maximum atomic E-state index is 13.8. The summed E-state index contributed by atoms with van der Waals surface area (Å²) in [6, 6.07) is 4.58. The van der Waals surface area contributed by atoms with E-state index < -0.39 is 52.7 Å². The van der Waals surface area contributed by atoms with Gasteiger partial charge in [-0.25, -0.2) is 18.0 Å². The standard InChI is InChI=1S/C23H18F3IN2O7S/c1-3-35-18(31)10-36-21-13(27)6-11(7-15(21)34-2)8-16-22(32)29(23(33)37-16)9-17(30)28-14-5-4-12(24)19(25)20(14)26/h4-8H,3,9-10H2,1-2H3,(H,28,30)/b16-8+. The van der Waals surface area contributed by atoms with Crippen molar-refractivity contribution in [1.82, 2.24) is 4.90 Å². The summed E-state index contributed by atoms with van der Waals surface area (Å²) in [5.41, 5.74) is -0.179. The van der Waals surface area contributed by atoms with Gasteiger partial charge in [0.05, 0.1) is 27.9 Å². The highest BCUT2D eigenvalue weighted by atomic mass is 127. The van der Waals surface area contributed by atoms with Gasteiger partial charge in [0.15, 0.2) is 35.6 Å². The second-order valence-corrected chi connectivity index (χ2v) is 9.32. The van der Waals surface area contributed by atoms with E-state index in [-0.39, 0.29) is 29.6 Å². The molecule has 0 unspecified atom stereocenters. The molecule has 1 aliphatic rings. The normalized spacial score (nSPS) is 14.2. The SMILES string of the molecule is CCOC(=O)COc1c(I)cc(/C=C2/SC(=O)N(CC(=O)Nc3ccc(F)c(F)c3F)C2=O)cc1OC. The third kappa shape index (κ3) is 6.74. The summed E-state index contributed by atoms with van der Waals surface area (Å²) in [5.74, 6) is -6.61. The van der Waals surface area contributed by atoms with E-state index in [4.69, 9.17) is 14.2 Å². The van der Waals surface area contributed by atoms with Gasteiger partial charge in [-0.15, -0.1) is 0 Å². The fourth-order valence-electron chi connectivity index (χ4n) is 3.04. The summed E-state index contributed by atoms with van der Waals surface area (Å²) < 4.78 is 56.4. The third-order valence-electron chi connectivity index (χ3n) is 4.67. The Morgan fingerprint density at radius 3 is 2.57 bits per heavy atom. The summed E-state index contributed by atoms with van der Waals surface area (Å²) >= 11 is 2.52. The molecule has 0 aromatic heterocycles. The van der Waals surface area contributed by atoms with Gasteiger partial charge in [-0.05, 0) is 77.2 Å². The molecule has 1 N–H and O–H groups in total. The minimum atomic E-state index is -1.77. The highest BCUT2D eigenvalue weighted by molar-refractivity contribution is 14.1. The summed E-state index contributed by atoms with van der Waals surface area (Å²) in [7, 11) is 1.38. The number of carbonyl (C=O) groups excluding carboxylic acids is 4. The number of benzene rings is 2. The van der Waals surface area contributed by atoms with Crippen molar-refractivity contribution in [1.29, 1.82) is 0 Å². The average molecular weight is 650 g/mol. The second kappa shape index (κ2) is 12.3. The van der Waals surface area contributed by atoms with Gasteiger partial charge in [-0.2, -0.15) is 0 Å². The molecular weight excluding hydrogens is 632 g/mol. The first kappa shape index (κ1) is 28.3. The van der Waals surface area contributed by atoms with Crippen molar-refractivity contribution in [2.24, 2.45) is 0 Å². The molecule has 14 heteroatoms. The lowest BCUT2D eigenvalue weighted by Gasteiger charge is -2.14. The Morgan fingerprint density at radius 2 is 1.89 bits per heavy atom. The number of esters is 1. The van der Waals surface area contributed by atoms with Crippen molar-refractivity contribution in [2.75, 3.05) is 32.2 Å². The molecule has 0 spiro atoms. The molecule has 2 aromatic carbocycles. The molecular formula is C23H18F3IN2O7S. The molecule has 1 saturated heterocycles. The van der Waals surface area contributed by atoms with Crippen LogP contribution in [0.25, 0.3) is 6.08 Å². The van der Waals surface area contributed by atoms with Gasteiger partial charge >= 0.3 is 5.97 Å². The van der Waals surface area contributed by atoms with E-state index in [0.29, 0.717) is 31.9 Å². The van der Waals surface area contributed by atoms with Crippen molar-refractivity contribution in [3.63, 3.8) is 0 Å². The molecule has 0 saturated carbocycles. The topological polar surface area (TPSA) is 111 Å². The number of halogens is 4. The molecule has 0 radical (unpaired) electrons. The molecule has 3 amide bonds. The number of anilines is 1. The Morgan fingerprint density at radius 1 is 1.16 bits per heavy atom. The maximum Gasteiger partial charge on any atom is 0.344 e. The minimum absolute atomic E-state index is 0.00477. The molecule has 3 rings (SSSR count). The highest BCUT2D eigenvalue weighted by Gasteiger charge is 2.36. The Kier molecular flexibility index (Phi) is 9.42. The number of rotatable bonds is 9. The molecule has 9 nitrogen and oxygen atoms in total. The molecule has 0 aliphatic carbocycles. The number of amides is 3. The number of hydrogen-bond acceptors (Lipinski definition) is 8. The molecule has 2 aromatic rings. The van der Waals surface area contributed by atoms with Crippen LogP contribution in [0.1, 0.15) is 12.5 Å². The Hall–Kier alpha value is -3.27. The highest BCUT2D eigenvalue weighted by Crippen LogP contribution is 2.37. The van der Waals surface area contributed by atoms with Gasteiger partial charge in [0, 0.05) is 0 Å². The smallest absolute Gasteiger partial charge is 0.344 e. The van der Waals surface area contributed by atoms with Gasteiger partial charge in [0.25, 0.3) is 11.1 Å². The van der Waals surface area contributed by atoms with Crippen LogP contribution in [0.15, 0.2) is 29.2 Å². The average Bonchev–Trinajstić information content (AvgIpc) is 3.10. The number of nitrogens with zero attached hydrogens (tertiary/aromatic N) is 1. The van der Waals surface area contributed by atoms with Crippen molar-refractivity contribution in [3.8, 4) is 11.5 Å². The Bertz CT molecular complexity index is 1310. The number of methoxy groups -OCH3 is 1. The van der Waals surface area contributed by atoms with Crippen molar-refractivity contribution in [3.05, 3.63) is 55.8 Å². The maximum absolute atomic E-state index is 13.8. The molecule has 0 bridgehead atoms. The number of hydrogen-bond donors (Lipinski definition) is 1. The zero-order chi connectivity index (χ0) is 27.3. The largest absolute Gasteiger partial charge is 0.493 e. The van der Waals surface area contributed by atoms with Crippen molar-refractivity contribution >= 4 is 69.1 Å². The molecule has 1 fully saturated rings. The summed E-state index contributed by atoms with van der Waals surface area (Å²) in [5, 5.41) is 1.25. The summed E-state index contributed by atoms with van der Waals surface area (Å²) in [4.78, 5) is 49.6. The zero-order valence-electron chi connectivity index (χ0n) is 19.2. The second-order valence-electron chi connectivity index (χ2n) is 7.17. The van der Waals surface area contributed by atoms with Gasteiger partial charge in [0.1, 0.15) is 6.54 Å². The van der Waals surface area contributed by atoms with Gasteiger partial charge in [-0.1, -0.05) is 0 Å². The first-order chi connectivity index (χ1) is 17.5. The van der Waals surface area contributed by atoms with Crippen LogP contribution < -0.4 is 14.8 Å². The molecule has 0 atom stereocenters. The van der Waals surface area contributed by atoms with Crippen LogP contribution in [0.5, 0.6) is 11.5 Å². The van der Waals surface area contributed by atoms with E-state index in [1.165, 1.54) is 19.3 Å². The predicted molar refractivity (Wildman–Crippen MR) is 135 cm³/mol. The van der Waals surface area contributed by atoms with Crippen LogP contribution in [-0.2, 0) is 19.1 Å². The first-order valence-corrected chi connectivity index (χ1v) is 12.3. The monoisotopic (exact) mass is 650 g/mol. The lowest BCUT2D eigenvalue weighted by molar-refractivity contribution is -0.145. The van der Waals surface area contributed by atoms with Crippen LogP contribution in [-0.4, -0.2) is 54.8 Å². The van der Waals surface area contributed by atoms with Crippen LogP contribution in [0, 0.1) is 21.0 Å². The summed E-state index contributed by atoms with van der Waals surface area (Å²) in [6.07, 6.45) is 1.40. The third-order valence-corrected chi connectivity index (χ3v) is 6.38. The molecule has 196 valence electrons. The van der Waals surface area contributed by atoms with Gasteiger partial charge in [-0.3, -0.25) is 19.3 Å². The number of nitrogens with one attached hydrogen (secondary N) is 1. The number of imide groups is 1. The first-order valence-electron chi connectivity index (χ1n) is 10.4. The lowest BCUT2D eigenvalue weighted by Crippen LogP contribution is -2.36. The Labute approximate surface area is 226 Å². The van der Waals surface area contributed by atoms with E-state index in [1.807, 2.05) is 27.9 Å². The van der Waals surface area contributed by atoms with Crippen molar-refractivity contribution < 1.29 is 46.6 Å². The van der Waals surface area contributed by atoms with Crippen molar-refractivity contribution in [2.45, 2.75) is 6.92 Å². The molecule has 37 heavy (non-hydrogen) atoms. The van der Waals surface area contributed by atoms with E-state index in [2.05, 4.69) is 0 Å². The summed E-state index contributed by atoms with van der Waals surface area (Å²) in [6.45, 7) is 0.752. The molecule has 1 heterocycles. The minimum Gasteiger partial charge on any atom is -0.493 e. The van der Waals surface area contributed by atoms with Crippen LogP contribution in [0.3, 0.4) is 0 Å². The number of carbonyl (C=O) groups is 4. The van der Waals surface area contributed by atoms with Crippen LogP contribution in [0.4, 0.5) is 23.7 Å². The van der Waals surface area contributed by atoms with E-state index in [0.717, 1.165) is 6.07 Å². The zero-order valence-corrected chi connectivity index (χ0v) is 22.2.